The van der Waals surface area contributed by atoms with Gasteiger partial charge in [0.1, 0.15) is 0 Å². The van der Waals surface area contributed by atoms with E-state index in [1.807, 2.05) is 13.8 Å². The Labute approximate surface area is 106 Å². The fraction of sp³-hybridized carbons (Fsp3) is 0.615. The van der Waals surface area contributed by atoms with E-state index in [0.717, 1.165) is 19.3 Å². The molecule has 1 saturated carbocycles. The number of amides is 3. The summed E-state index contributed by atoms with van der Waals surface area (Å²) in [5, 5.41) is 2.86. The SMILES string of the molecule is CC(C)NC(=O)[C@H]1CCC[C@@H]1N1C(=O)C=CC1=O. The van der Waals surface area contributed by atoms with Gasteiger partial charge in [0.25, 0.3) is 11.8 Å². The van der Waals surface area contributed by atoms with Gasteiger partial charge in [-0.3, -0.25) is 19.3 Å². The van der Waals surface area contributed by atoms with Crippen LogP contribution in [0.2, 0.25) is 0 Å². The van der Waals surface area contributed by atoms with Gasteiger partial charge in [-0.2, -0.15) is 0 Å². The number of imide groups is 1. The first-order valence-electron chi connectivity index (χ1n) is 6.36. The monoisotopic (exact) mass is 250 g/mol. The summed E-state index contributed by atoms with van der Waals surface area (Å²) >= 11 is 0. The molecule has 5 heteroatoms. The van der Waals surface area contributed by atoms with Gasteiger partial charge < -0.3 is 5.32 Å². The summed E-state index contributed by atoms with van der Waals surface area (Å²) in [6.07, 6.45) is 4.88. The molecule has 0 saturated heterocycles. The molecule has 18 heavy (non-hydrogen) atoms. The summed E-state index contributed by atoms with van der Waals surface area (Å²) in [4.78, 5) is 36.6. The molecule has 1 heterocycles. The molecule has 98 valence electrons. The van der Waals surface area contributed by atoms with Crippen LogP contribution in [0.25, 0.3) is 0 Å². The number of rotatable bonds is 3. The van der Waals surface area contributed by atoms with Crippen molar-refractivity contribution in [3.05, 3.63) is 12.2 Å². The van der Waals surface area contributed by atoms with Crippen molar-refractivity contribution in [2.75, 3.05) is 0 Å². The second-order valence-electron chi connectivity index (χ2n) is 5.15. The van der Waals surface area contributed by atoms with Gasteiger partial charge in [-0.15, -0.1) is 0 Å². The number of carbonyl (C=O) groups is 3. The van der Waals surface area contributed by atoms with E-state index in [4.69, 9.17) is 0 Å². The molecule has 2 aliphatic rings. The molecule has 2 rings (SSSR count). The van der Waals surface area contributed by atoms with Gasteiger partial charge in [-0.25, -0.2) is 0 Å². The highest BCUT2D eigenvalue weighted by Crippen LogP contribution is 2.32. The standard InChI is InChI=1S/C13H18N2O3/c1-8(2)14-13(18)9-4-3-5-10(9)15-11(16)6-7-12(15)17/h6-10H,3-5H2,1-2H3,(H,14,18)/t9-,10-/m0/s1. The van der Waals surface area contributed by atoms with E-state index in [-0.39, 0.29) is 35.7 Å². The summed E-state index contributed by atoms with van der Waals surface area (Å²) in [5.74, 6) is -0.913. The predicted octanol–water partition coefficient (Wildman–Crippen LogP) is 0.605. The summed E-state index contributed by atoms with van der Waals surface area (Å²) in [6, 6.07) is -0.208. The smallest absolute Gasteiger partial charge is 0.253 e. The molecule has 0 bridgehead atoms. The molecular weight excluding hydrogens is 232 g/mol. The molecule has 0 aromatic carbocycles. The summed E-state index contributed by atoms with van der Waals surface area (Å²) in [7, 11) is 0. The van der Waals surface area contributed by atoms with E-state index in [2.05, 4.69) is 5.32 Å². The Bertz CT molecular complexity index is 396. The fourth-order valence-electron chi connectivity index (χ4n) is 2.69. The molecule has 5 nitrogen and oxygen atoms in total. The molecule has 0 spiro atoms. The maximum absolute atomic E-state index is 12.1. The van der Waals surface area contributed by atoms with Crippen LogP contribution in [0.1, 0.15) is 33.1 Å². The van der Waals surface area contributed by atoms with Crippen molar-refractivity contribution in [3.63, 3.8) is 0 Å². The van der Waals surface area contributed by atoms with Crippen molar-refractivity contribution >= 4 is 17.7 Å². The Morgan fingerprint density at radius 1 is 1.28 bits per heavy atom. The lowest BCUT2D eigenvalue weighted by atomic mass is 10.0. The largest absolute Gasteiger partial charge is 0.354 e. The zero-order valence-electron chi connectivity index (χ0n) is 10.7. The Balaban J connectivity index is 2.10. The van der Waals surface area contributed by atoms with Crippen LogP contribution in [0.4, 0.5) is 0 Å². The van der Waals surface area contributed by atoms with Crippen molar-refractivity contribution in [1.82, 2.24) is 10.2 Å². The van der Waals surface area contributed by atoms with Crippen LogP contribution >= 0.6 is 0 Å². The first-order valence-corrected chi connectivity index (χ1v) is 6.36. The second-order valence-corrected chi connectivity index (χ2v) is 5.15. The Morgan fingerprint density at radius 2 is 1.89 bits per heavy atom. The van der Waals surface area contributed by atoms with Gasteiger partial charge in [0.2, 0.25) is 5.91 Å². The zero-order chi connectivity index (χ0) is 13.3. The van der Waals surface area contributed by atoms with Crippen LogP contribution in [0.5, 0.6) is 0 Å². The Morgan fingerprint density at radius 3 is 2.44 bits per heavy atom. The minimum atomic E-state index is -0.297. The number of nitrogens with zero attached hydrogens (tertiary/aromatic N) is 1. The van der Waals surface area contributed by atoms with Crippen LogP contribution in [0, 0.1) is 5.92 Å². The van der Waals surface area contributed by atoms with E-state index in [1.54, 1.807) is 0 Å². The average Bonchev–Trinajstić information content (AvgIpc) is 2.84. The number of hydrogen-bond acceptors (Lipinski definition) is 3. The maximum atomic E-state index is 12.1. The molecule has 1 fully saturated rings. The molecule has 0 radical (unpaired) electrons. The van der Waals surface area contributed by atoms with Crippen LogP contribution in [-0.2, 0) is 14.4 Å². The van der Waals surface area contributed by atoms with Crippen LogP contribution in [0.3, 0.4) is 0 Å². The molecule has 1 aliphatic heterocycles. The van der Waals surface area contributed by atoms with Crippen molar-refractivity contribution in [2.45, 2.75) is 45.2 Å². The predicted molar refractivity (Wildman–Crippen MR) is 65.4 cm³/mol. The van der Waals surface area contributed by atoms with Gasteiger partial charge in [0, 0.05) is 18.2 Å². The van der Waals surface area contributed by atoms with Crippen molar-refractivity contribution in [1.29, 1.82) is 0 Å². The highest BCUT2D eigenvalue weighted by Gasteiger charge is 2.42. The molecule has 3 amide bonds. The minimum Gasteiger partial charge on any atom is -0.354 e. The lowest BCUT2D eigenvalue weighted by Crippen LogP contribution is -2.48. The average molecular weight is 250 g/mol. The van der Waals surface area contributed by atoms with Gasteiger partial charge in [-0.05, 0) is 26.7 Å². The quantitative estimate of drug-likeness (QED) is 0.746. The molecule has 0 aromatic rings. The van der Waals surface area contributed by atoms with E-state index < -0.39 is 0 Å². The third-order valence-electron chi connectivity index (χ3n) is 3.42. The van der Waals surface area contributed by atoms with E-state index in [1.165, 1.54) is 17.1 Å². The maximum Gasteiger partial charge on any atom is 0.253 e. The summed E-state index contributed by atoms with van der Waals surface area (Å²) in [6.45, 7) is 3.80. The molecule has 0 aromatic heterocycles. The third-order valence-corrected chi connectivity index (χ3v) is 3.42. The highest BCUT2D eigenvalue weighted by atomic mass is 16.2. The zero-order valence-corrected chi connectivity index (χ0v) is 10.7. The van der Waals surface area contributed by atoms with Gasteiger partial charge in [-0.1, -0.05) is 6.42 Å². The molecular formula is C13H18N2O3. The van der Waals surface area contributed by atoms with Crippen molar-refractivity contribution in [3.8, 4) is 0 Å². The molecule has 2 atom stereocenters. The first kappa shape index (κ1) is 12.8. The van der Waals surface area contributed by atoms with E-state index in [0.29, 0.717) is 0 Å². The van der Waals surface area contributed by atoms with Crippen LogP contribution in [-0.4, -0.2) is 34.7 Å². The highest BCUT2D eigenvalue weighted by molar-refractivity contribution is 6.13. The van der Waals surface area contributed by atoms with E-state index in [9.17, 15) is 14.4 Å². The first-order chi connectivity index (χ1) is 8.50. The number of carbonyl (C=O) groups excluding carboxylic acids is 3. The fourth-order valence-corrected chi connectivity index (χ4v) is 2.69. The third kappa shape index (κ3) is 2.30. The van der Waals surface area contributed by atoms with Crippen molar-refractivity contribution < 1.29 is 14.4 Å². The van der Waals surface area contributed by atoms with Crippen LogP contribution < -0.4 is 5.32 Å². The minimum absolute atomic E-state index is 0.0556. The van der Waals surface area contributed by atoms with E-state index >= 15 is 0 Å². The molecule has 1 aliphatic carbocycles. The molecule has 0 unspecified atom stereocenters. The number of hydrogen-bond donors (Lipinski definition) is 1. The second kappa shape index (κ2) is 4.92. The number of nitrogens with one attached hydrogen (secondary N) is 1. The van der Waals surface area contributed by atoms with Crippen molar-refractivity contribution in [2.24, 2.45) is 5.92 Å². The summed E-state index contributed by atoms with van der Waals surface area (Å²) < 4.78 is 0. The van der Waals surface area contributed by atoms with Gasteiger partial charge in [0.15, 0.2) is 0 Å². The lowest BCUT2D eigenvalue weighted by Gasteiger charge is -2.27. The van der Waals surface area contributed by atoms with Gasteiger partial charge in [0.05, 0.1) is 12.0 Å². The Kier molecular flexibility index (Phi) is 3.50. The normalized spacial score (nSPS) is 27.4. The van der Waals surface area contributed by atoms with Crippen LogP contribution in [0.15, 0.2) is 12.2 Å². The van der Waals surface area contributed by atoms with Gasteiger partial charge >= 0.3 is 0 Å². The lowest BCUT2D eigenvalue weighted by molar-refractivity contribution is -0.141. The molecule has 1 N–H and O–H groups in total. The summed E-state index contributed by atoms with van der Waals surface area (Å²) in [5.41, 5.74) is 0. The topological polar surface area (TPSA) is 66.5 Å². The Hall–Kier alpha value is -1.65.